The second-order valence-electron chi connectivity index (χ2n) is 4.63. The number of nitro groups is 1. The number of hydrogen-bond donors (Lipinski definition) is 0. The lowest BCUT2D eigenvalue weighted by Gasteiger charge is -2.03. The number of aromatic nitrogens is 4. The molecular weight excluding hydrogens is 302 g/mol. The molecule has 0 atom stereocenters. The number of nitrogens with zero attached hydrogens (tertiary/aromatic N) is 5. The lowest BCUT2D eigenvalue weighted by atomic mass is 10.1. The Hall–Kier alpha value is -2.48. The van der Waals surface area contributed by atoms with Gasteiger partial charge in [0.05, 0.1) is 10.6 Å². The first kappa shape index (κ1) is 14.5. The smallest absolute Gasteiger partial charge is 0.258 e. The first-order valence-electron chi connectivity index (χ1n) is 6.79. The zero-order valence-electron chi connectivity index (χ0n) is 11.8. The fraction of sp³-hybridized carbons (Fsp3) is 0.214. The average molecular weight is 315 g/mol. The molecule has 0 bridgehead atoms. The van der Waals surface area contributed by atoms with E-state index in [0.29, 0.717) is 16.9 Å². The summed E-state index contributed by atoms with van der Waals surface area (Å²) in [7, 11) is 0. The van der Waals surface area contributed by atoms with Crippen LogP contribution in [0.25, 0.3) is 16.9 Å². The van der Waals surface area contributed by atoms with Crippen molar-refractivity contribution >= 4 is 23.1 Å². The third-order valence-electron chi connectivity index (χ3n) is 3.02. The van der Waals surface area contributed by atoms with Crippen LogP contribution in [-0.4, -0.2) is 30.5 Å². The number of benzene rings is 1. The van der Waals surface area contributed by atoms with Gasteiger partial charge in [-0.05, 0) is 18.6 Å². The SMILES string of the molecule is CCCSc1nnc2ccc(-c3cccc([N+](=O)[O-])c3)nn12. The summed E-state index contributed by atoms with van der Waals surface area (Å²) >= 11 is 1.59. The highest BCUT2D eigenvalue weighted by atomic mass is 32.2. The fourth-order valence-electron chi connectivity index (χ4n) is 1.99. The first-order chi connectivity index (χ1) is 10.7. The van der Waals surface area contributed by atoms with Gasteiger partial charge in [0.25, 0.3) is 5.69 Å². The average Bonchev–Trinajstić information content (AvgIpc) is 2.95. The Bertz CT molecular complexity index is 833. The maximum atomic E-state index is 10.9. The van der Waals surface area contributed by atoms with E-state index < -0.39 is 4.92 Å². The summed E-state index contributed by atoms with van der Waals surface area (Å²) in [6.45, 7) is 2.10. The first-order valence-corrected chi connectivity index (χ1v) is 7.77. The van der Waals surface area contributed by atoms with E-state index in [4.69, 9.17) is 0 Å². The maximum absolute atomic E-state index is 10.9. The second kappa shape index (κ2) is 6.10. The zero-order chi connectivity index (χ0) is 15.5. The van der Waals surface area contributed by atoms with Gasteiger partial charge in [-0.15, -0.1) is 10.2 Å². The molecule has 0 amide bonds. The highest BCUT2D eigenvalue weighted by Gasteiger charge is 2.11. The number of thioether (sulfide) groups is 1. The molecule has 0 aliphatic rings. The van der Waals surface area contributed by atoms with E-state index in [0.717, 1.165) is 17.3 Å². The minimum absolute atomic E-state index is 0.0451. The van der Waals surface area contributed by atoms with Gasteiger partial charge in [0.1, 0.15) is 0 Å². The van der Waals surface area contributed by atoms with Crippen LogP contribution in [0.1, 0.15) is 13.3 Å². The van der Waals surface area contributed by atoms with Crippen LogP contribution in [0.2, 0.25) is 0 Å². The van der Waals surface area contributed by atoms with Gasteiger partial charge in [-0.3, -0.25) is 10.1 Å². The summed E-state index contributed by atoms with van der Waals surface area (Å²) in [5.74, 6) is 0.934. The molecule has 0 fully saturated rings. The normalized spacial score (nSPS) is 11.0. The molecule has 0 radical (unpaired) electrons. The van der Waals surface area contributed by atoms with Crippen LogP contribution >= 0.6 is 11.8 Å². The molecular formula is C14H13N5O2S. The Morgan fingerprint density at radius 2 is 2.14 bits per heavy atom. The van der Waals surface area contributed by atoms with Crippen molar-refractivity contribution in [1.82, 2.24) is 19.8 Å². The molecule has 7 nitrogen and oxygen atoms in total. The zero-order valence-corrected chi connectivity index (χ0v) is 12.7. The van der Waals surface area contributed by atoms with E-state index in [9.17, 15) is 10.1 Å². The van der Waals surface area contributed by atoms with Crippen molar-refractivity contribution in [3.05, 3.63) is 46.5 Å². The minimum atomic E-state index is -0.413. The molecule has 22 heavy (non-hydrogen) atoms. The topological polar surface area (TPSA) is 86.2 Å². The Kier molecular flexibility index (Phi) is 4.01. The van der Waals surface area contributed by atoms with Crippen molar-refractivity contribution in [2.24, 2.45) is 0 Å². The fourth-order valence-corrected chi connectivity index (χ4v) is 2.73. The number of non-ortho nitro benzene ring substituents is 1. The largest absolute Gasteiger partial charge is 0.270 e. The van der Waals surface area contributed by atoms with Crippen LogP contribution in [0.4, 0.5) is 5.69 Å². The molecule has 2 heterocycles. The highest BCUT2D eigenvalue weighted by Crippen LogP contribution is 2.23. The van der Waals surface area contributed by atoms with Crippen LogP contribution in [0.15, 0.2) is 41.6 Å². The van der Waals surface area contributed by atoms with E-state index in [1.165, 1.54) is 12.1 Å². The second-order valence-corrected chi connectivity index (χ2v) is 5.69. The van der Waals surface area contributed by atoms with Crippen molar-refractivity contribution in [2.45, 2.75) is 18.5 Å². The van der Waals surface area contributed by atoms with Gasteiger partial charge in [0.15, 0.2) is 5.65 Å². The van der Waals surface area contributed by atoms with Crippen LogP contribution in [0, 0.1) is 10.1 Å². The Labute approximate surface area is 130 Å². The summed E-state index contributed by atoms with van der Waals surface area (Å²) in [6, 6.07) is 10.0. The van der Waals surface area contributed by atoms with Gasteiger partial charge < -0.3 is 0 Å². The van der Waals surface area contributed by atoms with Gasteiger partial charge >= 0.3 is 0 Å². The molecule has 0 unspecified atom stereocenters. The number of rotatable bonds is 5. The Morgan fingerprint density at radius 3 is 2.91 bits per heavy atom. The van der Waals surface area contributed by atoms with E-state index >= 15 is 0 Å². The van der Waals surface area contributed by atoms with Crippen molar-refractivity contribution in [2.75, 3.05) is 5.75 Å². The lowest BCUT2D eigenvalue weighted by molar-refractivity contribution is -0.384. The van der Waals surface area contributed by atoms with Crippen molar-refractivity contribution in [3.63, 3.8) is 0 Å². The summed E-state index contributed by atoms with van der Waals surface area (Å²) in [4.78, 5) is 10.5. The third-order valence-corrected chi connectivity index (χ3v) is 4.15. The van der Waals surface area contributed by atoms with Gasteiger partial charge in [0.2, 0.25) is 5.16 Å². The van der Waals surface area contributed by atoms with E-state index in [1.54, 1.807) is 34.5 Å². The van der Waals surface area contributed by atoms with E-state index in [-0.39, 0.29) is 5.69 Å². The number of hydrogen-bond acceptors (Lipinski definition) is 6. The predicted molar refractivity (Wildman–Crippen MR) is 83.9 cm³/mol. The molecule has 1 aromatic carbocycles. The summed E-state index contributed by atoms with van der Waals surface area (Å²) in [5, 5.41) is 24.3. The van der Waals surface area contributed by atoms with Crippen LogP contribution < -0.4 is 0 Å². The maximum Gasteiger partial charge on any atom is 0.270 e. The van der Waals surface area contributed by atoms with Crippen LogP contribution in [0.3, 0.4) is 0 Å². The molecule has 0 aliphatic carbocycles. The Balaban J connectivity index is 2.04. The van der Waals surface area contributed by atoms with Crippen molar-refractivity contribution in [3.8, 4) is 11.3 Å². The predicted octanol–water partition coefficient (Wildman–Crippen LogP) is 3.20. The molecule has 3 rings (SSSR count). The third kappa shape index (κ3) is 2.77. The monoisotopic (exact) mass is 315 g/mol. The molecule has 0 saturated heterocycles. The summed E-state index contributed by atoms with van der Waals surface area (Å²) in [6.07, 6.45) is 1.03. The molecule has 0 spiro atoms. The van der Waals surface area contributed by atoms with Gasteiger partial charge in [-0.1, -0.05) is 30.8 Å². The lowest BCUT2D eigenvalue weighted by Crippen LogP contribution is -1.97. The van der Waals surface area contributed by atoms with Gasteiger partial charge in [-0.2, -0.15) is 9.61 Å². The number of fused-ring (bicyclic) bond motifs is 1. The molecule has 0 N–H and O–H groups in total. The van der Waals surface area contributed by atoms with E-state index in [1.807, 2.05) is 6.07 Å². The minimum Gasteiger partial charge on any atom is -0.258 e. The summed E-state index contributed by atoms with van der Waals surface area (Å²) < 4.78 is 1.68. The van der Waals surface area contributed by atoms with Crippen molar-refractivity contribution < 1.29 is 4.92 Å². The molecule has 0 saturated carbocycles. The molecule has 3 aromatic rings. The highest BCUT2D eigenvalue weighted by molar-refractivity contribution is 7.99. The molecule has 112 valence electrons. The van der Waals surface area contributed by atoms with Gasteiger partial charge in [-0.25, -0.2) is 0 Å². The van der Waals surface area contributed by atoms with Gasteiger partial charge in [0, 0.05) is 23.4 Å². The molecule has 2 aromatic heterocycles. The number of nitro benzene ring substituents is 1. The standard InChI is InChI=1S/C14H13N5O2S/c1-2-8-22-14-16-15-13-7-6-12(17-18(13)14)10-4-3-5-11(9-10)19(20)21/h3-7,9H,2,8H2,1H3. The quantitative estimate of drug-likeness (QED) is 0.408. The van der Waals surface area contributed by atoms with Crippen LogP contribution in [-0.2, 0) is 0 Å². The van der Waals surface area contributed by atoms with Crippen LogP contribution in [0.5, 0.6) is 0 Å². The van der Waals surface area contributed by atoms with Crippen molar-refractivity contribution in [1.29, 1.82) is 0 Å². The molecule has 0 aliphatic heterocycles. The molecule has 8 heteroatoms. The van der Waals surface area contributed by atoms with E-state index in [2.05, 4.69) is 22.2 Å². The summed E-state index contributed by atoms with van der Waals surface area (Å²) in [5.41, 5.74) is 2.04. The Morgan fingerprint density at radius 1 is 1.27 bits per heavy atom.